The summed E-state index contributed by atoms with van der Waals surface area (Å²) in [5.74, 6) is 0. The van der Waals surface area contributed by atoms with Crippen molar-refractivity contribution >= 4 is 51.4 Å². The van der Waals surface area contributed by atoms with Crippen molar-refractivity contribution in [3.05, 3.63) is 35.9 Å². The minimum atomic E-state index is 0. The fourth-order valence-electron chi connectivity index (χ4n) is 0.887. The summed E-state index contributed by atoms with van der Waals surface area (Å²) in [6.45, 7) is 6.63. The molecule has 0 nitrogen and oxygen atoms in total. The van der Waals surface area contributed by atoms with Gasteiger partial charge >= 0.3 is 51.4 Å². The summed E-state index contributed by atoms with van der Waals surface area (Å²) in [5.41, 5.74) is 1.64. The Balaban J connectivity index is 0.000001000. The Morgan fingerprint density at radius 1 is 1.09 bits per heavy atom. The summed E-state index contributed by atoms with van der Waals surface area (Å²) >= 11 is 0. The van der Waals surface area contributed by atoms with E-state index in [0.29, 0.717) is 0 Å². The molecule has 1 aromatic carbocycles. The van der Waals surface area contributed by atoms with E-state index in [0.717, 1.165) is 0 Å². The molecule has 0 fully saturated rings. The Bertz CT molecular complexity index is 196. The molecule has 1 aromatic rings. The van der Waals surface area contributed by atoms with Crippen molar-refractivity contribution in [2.75, 3.05) is 0 Å². The maximum absolute atomic E-state index is 3.00. The van der Waals surface area contributed by atoms with Gasteiger partial charge in [0, 0.05) is 0 Å². The van der Waals surface area contributed by atoms with Gasteiger partial charge in [-0.05, 0) is 17.0 Å². The van der Waals surface area contributed by atoms with Gasteiger partial charge in [-0.15, -0.1) is 0 Å². The molecule has 0 atom stereocenters. The van der Waals surface area contributed by atoms with Crippen molar-refractivity contribution in [3.8, 4) is 0 Å². The third-order valence-electron chi connectivity index (χ3n) is 1.58. The van der Waals surface area contributed by atoms with E-state index in [-0.39, 0.29) is 56.8 Å². The van der Waals surface area contributed by atoms with Gasteiger partial charge in [-0.2, -0.15) is 0 Å². The second kappa shape index (κ2) is 4.78. The van der Waals surface area contributed by atoms with Crippen molar-refractivity contribution in [2.45, 2.75) is 26.2 Å². The van der Waals surface area contributed by atoms with Crippen LogP contribution in [0.3, 0.4) is 0 Å². The Morgan fingerprint density at radius 2 is 1.55 bits per heavy atom. The summed E-state index contributed by atoms with van der Waals surface area (Å²) in [6.07, 6.45) is 0. The molecule has 0 saturated heterocycles. The number of rotatable bonds is 0. The van der Waals surface area contributed by atoms with Crippen molar-refractivity contribution < 1.29 is 0 Å². The van der Waals surface area contributed by atoms with Crippen LogP contribution in [-0.4, -0.2) is 51.4 Å². The van der Waals surface area contributed by atoms with Gasteiger partial charge in [-0.25, -0.2) is 0 Å². The first kappa shape index (κ1) is 11.9. The van der Waals surface area contributed by atoms with Crippen LogP contribution in [0.4, 0.5) is 0 Å². The van der Waals surface area contributed by atoms with Crippen LogP contribution < -0.4 is 0 Å². The Morgan fingerprint density at radius 3 is 1.82 bits per heavy atom. The van der Waals surface area contributed by atoms with Gasteiger partial charge in [0.05, 0.1) is 0 Å². The number of hydrogen-bond acceptors (Lipinski definition) is 0. The van der Waals surface area contributed by atoms with E-state index in [1.807, 2.05) is 12.1 Å². The molecule has 1 heteroatoms. The van der Waals surface area contributed by atoms with E-state index in [1.165, 1.54) is 5.56 Å². The standard InChI is InChI=1S/C10H13.K.H/c1-10(2,3)9-7-5-4-6-8-9;;/h5-8H,1-3H3;;. The zero-order valence-corrected chi connectivity index (χ0v) is 6.81. The third-order valence-corrected chi connectivity index (χ3v) is 1.58. The average Bonchev–Trinajstić information content (AvgIpc) is 1.88. The Labute approximate surface area is 112 Å². The molecule has 0 spiro atoms. The van der Waals surface area contributed by atoms with E-state index in [2.05, 4.69) is 39.0 Å². The Hall–Kier alpha value is 0.856. The molecule has 1 rings (SSSR count). The van der Waals surface area contributed by atoms with Crippen LogP contribution >= 0.6 is 0 Å². The molecular formula is C10H14K. The molecule has 1 radical (unpaired) electrons. The summed E-state index contributed by atoms with van der Waals surface area (Å²) < 4.78 is 0. The van der Waals surface area contributed by atoms with Crippen molar-refractivity contribution in [1.82, 2.24) is 0 Å². The summed E-state index contributed by atoms with van der Waals surface area (Å²) in [6, 6.07) is 11.1. The van der Waals surface area contributed by atoms with Crippen LogP contribution in [-0.2, 0) is 5.41 Å². The zero-order chi connectivity index (χ0) is 7.61. The van der Waals surface area contributed by atoms with E-state index >= 15 is 0 Å². The van der Waals surface area contributed by atoms with Crippen LogP contribution in [0.1, 0.15) is 26.3 Å². The van der Waals surface area contributed by atoms with Crippen LogP contribution in [0.5, 0.6) is 0 Å². The second-order valence-electron chi connectivity index (χ2n) is 3.54. The Kier molecular flexibility index (Phi) is 5.15. The zero-order valence-electron chi connectivity index (χ0n) is 6.81. The summed E-state index contributed by atoms with van der Waals surface area (Å²) in [5, 5.41) is 0. The van der Waals surface area contributed by atoms with Gasteiger partial charge in [0.2, 0.25) is 0 Å². The maximum atomic E-state index is 3.00. The van der Waals surface area contributed by atoms with Gasteiger partial charge in [0.1, 0.15) is 0 Å². The topological polar surface area (TPSA) is 0 Å². The van der Waals surface area contributed by atoms with Crippen LogP contribution in [0, 0.1) is 6.07 Å². The quantitative estimate of drug-likeness (QED) is 0.527. The molecular weight excluding hydrogens is 159 g/mol. The molecule has 0 bridgehead atoms. The molecule has 55 valence electrons. The molecule has 0 N–H and O–H groups in total. The van der Waals surface area contributed by atoms with Crippen molar-refractivity contribution in [3.63, 3.8) is 0 Å². The normalized spacial score (nSPS) is 10.5. The van der Waals surface area contributed by atoms with Crippen LogP contribution in [0.2, 0.25) is 0 Å². The third kappa shape index (κ3) is 3.86. The minimum absolute atomic E-state index is 0. The van der Waals surface area contributed by atoms with Crippen molar-refractivity contribution in [1.29, 1.82) is 0 Å². The number of hydrogen-bond donors (Lipinski definition) is 0. The molecule has 0 heterocycles. The summed E-state index contributed by atoms with van der Waals surface area (Å²) in [4.78, 5) is 0. The van der Waals surface area contributed by atoms with Gasteiger partial charge in [0.25, 0.3) is 0 Å². The van der Waals surface area contributed by atoms with Gasteiger partial charge < -0.3 is 0 Å². The first-order valence-electron chi connectivity index (χ1n) is 3.57. The molecule has 0 unspecified atom stereocenters. The first-order valence-corrected chi connectivity index (χ1v) is 3.57. The van der Waals surface area contributed by atoms with E-state index < -0.39 is 0 Å². The second-order valence-corrected chi connectivity index (χ2v) is 3.54. The molecule has 0 amide bonds. The van der Waals surface area contributed by atoms with E-state index in [9.17, 15) is 0 Å². The first-order chi connectivity index (χ1) is 4.61. The fourth-order valence-corrected chi connectivity index (χ4v) is 0.887. The van der Waals surface area contributed by atoms with Gasteiger partial charge in [-0.3, -0.25) is 0 Å². The average molecular weight is 173 g/mol. The predicted molar refractivity (Wildman–Crippen MR) is 51.1 cm³/mol. The monoisotopic (exact) mass is 173 g/mol. The van der Waals surface area contributed by atoms with Crippen LogP contribution in [0.15, 0.2) is 24.3 Å². The predicted octanol–water partition coefficient (Wildman–Crippen LogP) is 2.14. The summed E-state index contributed by atoms with van der Waals surface area (Å²) in [7, 11) is 0. The fraction of sp³-hybridized carbons (Fsp3) is 0.400. The number of benzene rings is 1. The molecule has 0 aliphatic heterocycles. The van der Waals surface area contributed by atoms with Gasteiger partial charge in [0.15, 0.2) is 0 Å². The molecule has 0 saturated carbocycles. The molecule has 0 aromatic heterocycles. The van der Waals surface area contributed by atoms with E-state index in [1.54, 1.807) is 0 Å². The molecule has 0 aliphatic carbocycles. The SMILES string of the molecule is CC(C)(C)c1cc[c]cc1.[KH]. The van der Waals surface area contributed by atoms with Gasteiger partial charge in [-0.1, -0.05) is 45.0 Å². The van der Waals surface area contributed by atoms with Crippen LogP contribution in [0.25, 0.3) is 0 Å². The molecule has 11 heavy (non-hydrogen) atoms. The molecule has 0 aliphatic rings. The van der Waals surface area contributed by atoms with Crippen molar-refractivity contribution in [2.24, 2.45) is 0 Å². The van der Waals surface area contributed by atoms with E-state index in [4.69, 9.17) is 0 Å².